The minimum atomic E-state index is -0.551. The molecule has 2 N–H and O–H groups in total. The number of carbonyl (C=O) groups is 2. The summed E-state index contributed by atoms with van der Waals surface area (Å²) in [5.41, 5.74) is 4.26. The molecule has 1 aromatic heterocycles. The van der Waals surface area contributed by atoms with Crippen LogP contribution >= 0.6 is 0 Å². The number of aromatic nitrogens is 2. The number of likely N-dealkylation sites (N-methyl/N-ethyl adjacent to an activating group) is 2. The summed E-state index contributed by atoms with van der Waals surface area (Å²) in [5.74, 6) is 0.957. The van der Waals surface area contributed by atoms with Gasteiger partial charge < -0.3 is 20.4 Å². The topological polar surface area (TPSA) is 90.5 Å². The van der Waals surface area contributed by atoms with Gasteiger partial charge >= 0.3 is 0 Å². The summed E-state index contributed by atoms with van der Waals surface area (Å²) in [7, 11) is 5.51. The van der Waals surface area contributed by atoms with Crippen molar-refractivity contribution < 1.29 is 9.59 Å². The highest BCUT2D eigenvalue weighted by molar-refractivity contribution is 5.92. The van der Waals surface area contributed by atoms with E-state index >= 15 is 0 Å². The maximum Gasteiger partial charge on any atom is 0.246 e. The molecule has 0 unspecified atom stereocenters. The number of anilines is 2. The summed E-state index contributed by atoms with van der Waals surface area (Å²) < 4.78 is 0. The van der Waals surface area contributed by atoms with Crippen LogP contribution in [0.3, 0.4) is 0 Å². The highest BCUT2D eigenvalue weighted by Gasteiger charge is 2.28. The first-order valence-corrected chi connectivity index (χ1v) is 12.4. The van der Waals surface area contributed by atoms with Crippen LogP contribution in [0, 0.1) is 0 Å². The van der Waals surface area contributed by atoms with Gasteiger partial charge in [0.25, 0.3) is 0 Å². The maximum atomic E-state index is 12.5. The molecule has 188 valence electrons. The van der Waals surface area contributed by atoms with Crippen LogP contribution in [0.15, 0.2) is 42.6 Å². The molecule has 0 bridgehead atoms. The summed E-state index contributed by atoms with van der Waals surface area (Å²) in [4.78, 5) is 37.7. The van der Waals surface area contributed by atoms with E-state index in [2.05, 4.69) is 28.6 Å². The molecule has 2 aromatic rings. The Labute approximate surface area is 208 Å². The minimum absolute atomic E-state index is 0.171. The van der Waals surface area contributed by atoms with Gasteiger partial charge in [-0.2, -0.15) is 0 Å². The van der Waals surface area contributed by atoms with Gasteiger partial charge in [0.05, 0.1) is 17.6 Å². The Morgan fingerprint density at radius 1 is 1.23 bits per heavy atom. The number of carbonyl (C=O) groups excluding carboxylic acids is 2. The van der Waals surface area contributed by atoms with E-state index in [-0.39, 0.29) is 11.8 Å². The van der Waals surface area contributed by atoms with Gasteiger partial charge in [-0.25, -0.2) is 4.98 Å². The third kappa shape index (κ3) is 7.89. The van der Waals surface area contributed by atoms with Crippen LogP contribution < -0.4 is 10.6 Å². The lowest BCUT2D eigenvalue weighted by atomic mass is 10.1. The predicted octanol–water partition coefficient (Wildman–Crippen LogP) is 3.28. The van der Waals surface area contributed by atoms with E-state index in [1.54, 1.807) is 26.2 Å². The van der Waals surface area contributed by atoms with E-state index in [1.807, 2.05) is 37.2 Å². The number of nitrogens with one attached hydrogen (secondary N) is 2. The second-order valence-corrected chi connectivity index (χ2v) is 9.37. The van der Waals surface area contributed by atoms with Crippen LogP contribution in [0.2, 0.25) is 0 Å². The lowest BCUT2D eigenvalue weighted by Crippen LogP contribution is -2.45. The monoisotopic (exact) mass is 478 g/mol. The molecule has 2 amide bonds. The second kappa shape index (κ2) is 12.4. The van der Waals surface area contributed by atoms with Crippen LogP contribution in [0.25, 0.3) is 0 Å². The Kier molecular flexibility index (Phi) is 9.37. The van der Waals surface area contributed by atoms with Crippen LogP contribution in [-0.2, 0) is 22.4 Å². The van der Waals surface area contributed by atoms with E-state index in [4.69, 9.17) is 4.98 Å². The van der Waals surface area contributed by atoms with Gasteiger partial charge in [-0.3, -0.25) is 14.6 Å². The number of hydrogen-bond acceptors (Lipinski definition) is 6. The lowest BCUT2D eigenvalue weighted by molar-refractivity contribution is -0.135. The molecule has 1 atom stereocenters. The standard InChI is InChI=1S/C27H38N6O2/c1-6-23-26(21-12-13-21)31-24(18-29-23)30-22-10-7-9-20(17-22)14-15-28-27(35)19(2)33(5)25(34)11-8-16-32(3)4/h7-11,17-19,21H,6,12-16H2,1-5H3,(H,28,35)(H,30,31)/b11-8+/t19-/m0/s1. The molecule has 0 spiro atoms. The zero-order valence-corrected chi connectivity index (χ0v) is 21.5. The summed E-state index contributed by atoms with van der Waals surface area (Å²) in [6, 6.07) is 7.54. The highest BCUT2D eigenvalue weighted by Crippen LogP contribution is 2.40. The number of rotatable bonds is 12. The maximum absolute atomic E-state index is 12.5. The SMILES string of the molecule is CCc1ncc(Nc2cccc(CCNC(=O)[C@H](C)N(C)C(=O)/C=C/CN(C)C)c2)nc1C1CC1. The molecule has 8 heteroatoms. The Balaban J connectivity index is 1.50. The third-order valence-electron chi connectivity index (χ3n) is 6.13. The Bertz CT molecular complexity index is 1050. The number of amides is 2. The number of benzene rings is 1. The van der Waals surface area contributed by atoms with Crippen molar-refractivity contribution in [2.45, 2.75) is 51.5 Å². The van der Waals surface area contributed by atoms with Crippen molar-refractivity contribution in [3.63, 3.8) is 0 Å². The van der Waals surface area contributed by atoms with Crippen molar-refractivity contribution in [2.24, 2.45) is 0 Å². The number of aryl methyl sites for hydroxylation is 1. The van der Waals surface area contributed by atoms with E-state index in [0.717, 1.165) is 34.9 Å². The fourth-order valence-electron chi connectivity index (χ4n) is 3.72. The summed E-state index contributed by atoms with van der Waals surface area (Å²) in [5, 5.41) is 6.31. The molecule has 0 saturated heterocycles. The molecule has 1 saturated carbocycles. The van der Waals surface area contributed by atoms with Crippen LogP contribution in [-0.4, -0.2) is 71.9 Å². The van der Waals surface area contributed by atoms with E-state index in [9.17, 15) is 9.59 Å². The Morgan fingerprint density at radius 3 is 2.69 bits per heavy atom. The first-order chi connectivity index (χ1) is 16.8. The molecular weight excluding hydrogens is 440 g/mol. The van der Waals surface area contributed by atoms with Crippen molar-refractivity contribution in [3.05, 3.63) is 59.6 Å². The van der Waals surface area contributed by atoms with E-state index < -0.39 is 6.04 Å². The molecule has 1 aliphatic carbocycles. The van der Waals surface area contributed by atoms with Crippen LogP contribution in [0.1, 0.15) is 49.6 Å². The van der Waals surface area contributed by atoms with Crippen LogP contribution in [0.5, 0.6) is 0 Å². The molecule has 0 aliphatic heterocycles. The normalized spacial score (nSPS) is 14.2. The zero-order valence-electron chi connectivity index (χ0n) is 21.5. The molecule has 8 nitrogen and oxygen atoms in total. The van der Waals surface area contributed by atoms with Crippen molar-refractivity contribution in [2.75, 3.05) is 39.5 Å². The predicted molar refractivity (Wildman–Crippen MR) is 140 cm³/mol. The van der Waals surface area contributed by atoms with E-state index in [1.165, 1.54) is 23.8 Å². The van der Waals surface area contributed by atoms with Crippen molar-refractivity contribution in [1.82, 2.24) is 25.1 Å². The fourth-order valence-corrected chi connectivity index (χ4v) is 3.72. The number of nitrogens with zero attached hydrogens (tertiary/aromatic N) is 4. The first kappa shape index (κ1) is 26.3. The molecule has 1 aromatic carbocycles. The highest BCUT2D eigenvalue weighted by atomic mass is 16.2. The molecule has 1 aliphatic rings. The summed E-state index contributed by atoms with van der Waals surface area (Å²) >= 11 is 0. The summed E-state index contributed by atoms with van der Waals surface area (Å²) in [6.07, 6.45) is 9.08. The first-order valence-electron chi connectivity index (χ1n) is 12.4. The second-order valence-electron chi connectivity index (χ2n) is 9.37. The van der Waals surface area contributed by atoms with Gasteiger partial charge in [-0.05, 0) is 64.4 Å². The average molecular weight is 479 g/mol. The van der Waals surface area contributed by atoms with Gasteiger partial charge in [0.15, 0.2) is 0 Å². The Hall–Kier alpha value is -3.26. The quantitative estimate of drug-likeness (QED) is 0.455. The molecule has 35 heavy (non-hydrogen) atoms. The largest absolute Gasteiger partial charge is 0.354 e. The van der Waals surface area contributed by atoms with Crippen molar-refractivity contribution in [1.29, 1.82) is 0 Å². The van der Waals surface area contributed by atoms with E-state index in [0.29, 0.717) is 25.4 Å². The van der Waals surface area contributed by atoms with Gasteiger partial charge in [0, 0.05) is 37.8 Å². The third-order valence-corrected chi connectivity index (χ3v) is 6.13. The summed E-state index contributed by atoms with van der Waals surface area (Å²) in [6.45, 7) is 5.01. The fraction of sp³-hybridized carbons (Fsp3) is 0.481. The van der Waals surface area contributed by atoms with Gasteiger partial charge in [-0.1, -0.05) is 25.1 Å². The van der Waals surface area contributed by atoms with Crippen molar-refractivity contribution in [3.8, 4) is 0 Å². The smallest absolute Gasteiger partial charge is 0.246 e. The zero-order chi connectivity index (χ0) is 25.4. The van der Waals surface area contributed by atoms with Gasteiger partial charge in [0.2, 0.25) is 11.8 Å². The average Bonchev–Trinajstić information content (AvgIpc) is 3.68. The lowest BCUT2D eigenvalue weighted by Gasteiger charge is -2.23. The number of hydrogen-bond donors (Lipinski definition) is 2. The molecule has 3 rings (SSSR count). The van der Waals surface area contributed by atoms with Gasteiger partial charge in [-0.15, -0.1) is 0 Å². The molecule has 0 radical (unpaired) electrons. The minimum Gasteiger partial charge on any atom is -0.354 e. The van der Waals surface area contributed by atoms with Crippen molar-refractivity contribution >= 4 is 23.3 Å². The molecule has 1 heterocycles. The van der Waals surface area contributed by atoms with Gasteiger partial charge in [0.1, 0.15) is 11.9 Å². The Morgan fingerprint density at radius 2 is 2.00 bits per heavy atom. The molecular formula is C27H38N6O2. The molecule has 1 fully saturated rings. The van der Waals surface area contributed by atoms with Crippen LogP contribution in [0.4, 0.5) is 11.5 Å².